The molecule has 0 radical (unpaired) electrons. The molecule has 0 aliphatic carbocycles. The normalized spacial score (nSPS) is 17.0. The average molecular weight is 740 g/mol. The molecule has 3 aromatic rings. The predicted molar refractivity (Wildman–Crippen MR) is 148 cm³/mol. The molecule has 2 aliphatic heterocycles. The number of fused-ring (bicyclic) bond motifs is 2. The molecule has 1 saturated heterocycles. The fraction of sp³-hybridized carbons (Fsp3) is 0.276. The molecule has 0 bridgehead atoms. The molecule has 5 rings (SSSR count). The summed E-state index contributed by atoms with van der Waals surface area (Å²) in [5.41, 5.74) is -3.90. The van der Waals surface area contributed by atoms with Crippen LogP contribution in [-0.4, -0.2) is 66.2 Å². The van der Waals surface area contributed by atoms with Crippen molar-refractivity contribution in [3.8, 4) is 22.6 Å². The standard InChI is InChI=1S/C29H19BrF9N3O5/c30-20-11-18(47-29(37,38)39)2-4-23(20)46-13-24(43)41-5-6-42-22(12-41)25(44)40-21-3-1-14(9-19(21)26(42)45)15-7-16(27(31,32)33)10-17(8-15)28(34,35)36/h1-4,7-11,22H,5-6,12-13H2,(H,40,44). The summed E-state index contributed by atoms with van der Waals surface area (Å²) in [5.74, 6) is -2.59. The van der Waals surface area contributed by atoms with Crippen molar-refractivity contribution in [1.29, 1.82) is 0 Å². The first-order valence-corrected chi connectivity index (χ1v) is 14.1. The van der Waals surface area contributed by atoms with E-state index in [4.69, 9.17) is 4.74 Å². The minimum atomic E-state index is -5.09. The van der Waals surface area contributed by atoms with Gasteiger partial charge in [0.15, 0.2) is 6.61 Å². The van der Waals surface area contributed by atoms with Crippen LogP contribution in [0.4, 0.5) is 45.2 Å². The summed E-state index contributed by atoms with van der Waals surface area (Å²) < 4.78 is 127. The molecule has 47 heavy (non-hydrogen) atoms. The fourth-order valence-corrected chi connectivity index (χ4v) is 5.48. The molecule has 1 unspecified atom stereocenters. The van der Waals surface area contributed by atoms with Crippen molar-refractivity contribution in [2.24, 2.45) is 0 Å². The average Bonchev–Trinajstić information content (AvgIpc) is 3.07. The van der Waals surface area contributed by atoms with Gasteiger partial charge in [-0.25, -0.2) is 0 Å². The molecule has 3 amide bonds. The van der Waals surface area contributed by atoms with Crippen LogP contribution in [-0.2, 0) is 21.9 Å². The molecule has 1 N–H and O–H groups in total. The number of carbonyl (C=O) groups excluding carboxylic acids is 3. The highest BCUT2D eigenvalue weighted by Crippen LogP contribution is 2.40. The largest absolute Gasteiger partial charge is 0.573 e. The highest BCUT2D eigenvalue weighted by atomic mass is 79.9. The van der Waals surface area contributed by atoms with Gasteiger partial charge in [-0.05, 0) is 75.6 Å². The van der Waals surface area contributed by atoms with Gasteiger partial charge in [-0.2, -0.15) is 26.3 Å². The summed E-state index contributed by atoms with van der Waals surface area (Å²) in [6.45, 7) is -1.11. The number of hydrogen-bond donors (Lipinski definition) is 1. The number of alkyl halides is 9. The Morgan fingerprint density at radius 3 is 2.11 bits per heavy atom. The van der Waals surface area contributed by atoms with Gasteiger partial charge in [0.25, 0.3) is 11.8 Å². The molecular weight excluding hydrogens is 721 g/mol. The minimum absolute atomic E-state index is 0.0169. The van der Waals surface area contributed by atoms with Gasteiger partial charge in [-0.3, -0.25) is 14.4 Å². The van der Waals surface area contributed by atoms with Crippen LogP contribution in [0.15, 0.2) is 59.1 Å². The predicted octanol–water partition coefficient (Wildman–Crippen LogP) is 6.74. The summed E-state index contributed by atoms with van der Waals surface area (Å²) in [6, 6.07) is 6.36. The summed E-state index contributed by atoms with van der Waals surface area (Å²) in [5, 5.41) is 2.52. The summed E-state index contributed by atoms with van der Waals surface area (Å²) in [4.78, 5) is 42.0. The van der Waals surface area contributed by atoms with E-state index in [1.54, 1.807) is 0 Å². The van der Waals surface area contributed by atoms with Gasteiger partial charge in [0, 0.05) is 13.1 Å². The highest BCUT2D eigenvalue weighted by molar-refractivity contribution is 9.10. The molecule has 8 nitrogen and oxygen atoms in total. The van der Waals surface area contributed by atoms with Crippen molar-refractivity contribution in [3.05, 3.63) is 75.8 Å². The number of benzene rings is 3. The van der Waals surface area contributed by atoms with E-state index in [1.165, 1.54) is 17.0 Å². The van der Waals surface area contributed by atoms with Crippen molar-refractivity contribution >= 4 is 39.3 Å². The van der Waals surface area contributed by atoms with E-state index in [0.29, 0.717) is 12.1 Å². The maximum atomic E-state index is 13.6. The van der Waals surface area contributed by atoms with E-state index in [2.05, 4.69) is 26.0 Å². The highest BCUT2D eigenvalue weighted by Gasteiger charge is 2.41. The third-order valence-electron chi connectivity index (χ3n) is 7.21. The molecule has 0 spiro atoms. The zero-order valence-corrected chi connectivity index (χ0v) is 24.9. The molecule has 18 heteroatoms. The Balaban J connectivity index is 1.32. The van der Waals surface area contributed by atoms with Crippen LogP contribution in [0.25, 0.3) is 11.1 Å². The van der Waals surface area contributed by atoms with Crippen LogP contribution in [0.2, 0.25) is 0 Å². The van der Waals surface area contributed by atoms with Crippen molar-refractivity contribution in [2.45, 2.75) is 24.8 Å². The second-order valence-electron chi connectivity index (χ2n) is 10.3. The van der Waals surface area contributed by atoms with Crippen LogP contribution < -0.4 is 14.8 Å². The Labute approximate surface area is 267 Å². The summed E-state index contributed by atoms with van der Waals surface area (Å²) in [6.07, 6.45) is -15.1. The number of hydrogen-bond acceptors (Lipinski definition) is 5. The Morgan fingerprint density at radius 1 is 0.851 bits per heavy atom. The number of nitrogens with zero attached hydrogens (tertiary/aromatic N) is 2. The zero-order chi connectivity index (χ0) is 34.5. The van der Waals surface area contributed by atoms with Crippen LogP contribution in [0.3, 0.4) is 0 Å². The monoisotopic (exact) mass is 739 g/mol. The lowest BCUT2D eigenvalue weighted by molar-refractivity contribution is -0.274. The van der Waals surface area contributed by atoms with E-state index < -0.39 is 71.5 Å². The molecular formula is C29H19BrF9N3O5. The van der Waals surface area contributed by atoms with Crippen LogP contribution in [0, 0.1) is 0 Å². The topological polar surface area (TPSA) is 88.2 Å². The summed E-state index contributed by atoms with van der Waals surface area (Å²) in [7, 11) is 0. The maximum absolute atomic E-state index is 13.6. The number of anilines is 1. The van der Waals surface area contributed by atoms with E-state index in [0.717, 1.165) is 29.2 Å². The first kappa shape index (κ1) is 33.9. The van der Waals surface area contributed by atoms with Gasteiger partial charge in [-0.1, -0.05) is 6.07 Å². The smallest absolute Gasteiger partial charge is 0.483 e. The quantitative estimate of drug-likeness (QED) is 0.293. The Hall–Kier alpha value is -4.48. The van der Waals surface area contributed by atoms with Gasteiger partial charge >= 0.3 is 18.7 Å². The van der Waals surface area contributed by atoms with Gasteiger partial charge < -0.3 is 24.6 Å². The second-order valence-corrected chi connectivity index (χ2v) is 11.2. The third-order valence-corrected chi connectivity index (χ3v) is 7.83. The Bertz CT molecular complexity index is 1710. The third kappa shape index (κ3) is 7.58. The lowest BCUT2D eigenvalue weighted by Crippen LogP contribution is -2.60. The summed E-state index contributed by atoms with van der Waals surface area (Å²) >= 11 is 3.03. The first-order chi connectivity index (χ1) is 21.8. The van der Waals surface area contributed by atoms with Crippen molar-refractivity contribution in [2.75, 3.05) is 31.6 Å². The number of ether oxygens (including phenoxy) is 2. The number of halogens is 10. The number of piperazine rings is 1. The van der Waals surface area contributed by atoms with Crippen molar-refractivity contribution < 1.29 is 63.4 Å². The SMILES string of the molecule is O=C1Nc2ccc(-c3cc(C(F)(F)F)cc(C(F)(F)F)c3)cc2C(=O)N2CCN(C(=O)COc3ccc(OC(F)(F)F)cc3Br)CC12. The van der Waals surface area contributed by atoms with Gasteiger partial charge in [0.05, 0.1) is 33.4 Å². The fourth-order valence-electron chi connectivity index (χ4n) is 5.01. The lowest BCUT2D eigenvalue weighted by Gasteiger charge is -2.39. The van der Waals surface area contributed by atoms with E-state index in [1.807, 2.05) is 0 Å². The molecule has 3 aromatic carbocycles. The second kappa shape index (κ2) is 12.3. The van der Waals surface area contributed by atoms with Gasteiger partial charge in [0.1, 0.15) is 17.5 Å². The molecule has 1 atom stereocenters. The number of nitrogens with one attached hydrogen (secondary N) is 1. The minimum Gasteiger partial charge on any atom is -0.483 e. The van der Waals surface area contributed by atoms with Gasteiger partial charge in [-0.15, -0.1) is 13.2 Å². The van der Waals surface area contributed by atoms with Crippen LogP contribution >= 0.6 is 15.9 Å². The van der Waals surface area contributed by atoms with E-state index >= 15 is 0 Å². The molecule has 0 saturated carbocycles. The molecule has 250 valence electrons. The van der Waals surface area contributed by atoms with Crippen LogP contribution in [0.1, 0.15) is 21.5 Å². The molecule has 0 aromatic heterocycles. The van der Waals surface area contributed by atoms with Crippen LogP contribution in [0.5, 0.6) is 11.5 Å². The molecule has 2 aliphatic rings. The first-order valence-electron chi connectivity index (χ1n) is 13.3. The number of rotatable bonds is 5. The Kier molecular flexibility index (Phi) is 8.85. The Morgan fingerprint density at radius 2 is 1.51 bits per heavy atom. The number of carbonyl (C=O) groups is 3. The maximum Gasteiger partial charge on any atom is 0.573 e. The van der Waals surface area contributed by atoms with E-state index in [-0.39, 0.29) is 52.7 Å². The number of amides is 3. The molecule has 2 heterocycles. The van der Waals surface area contributed by atoms with Crippen molar-refractivity contribution in [3.63, 3.8) is 0 Å². The zero-order valence-electron chi connectivity index (χ0n) is 23.3. The van der Waals surface area contributed by atoms with E-state index in [9.17, 15) is 53.9 Å². The molecule has 1 fully saturated rings. The van der Waals surface area contributed by atoms with Gasteiger partial charge in [0.2, 0.25) is 5.91 Å². The lowest BCUT2D eigenvalue weighted by atomic mass is 9.96. The van der Waals surface area contributed by atoms with Crippen molar-refractivity contribution in [1.82, 2.24) is 9.80 Å².